The Morgan fingerprint density at radius 1 is 0.882 bits per heavy atom. The van der Waals surface area contributed by atoms with E-state index in [0.29, 0.717) is 30.6 Å². The van der Waals surface area contributed by atoms with Crippen LogP contribution in [0.25, 0.3) is 0 Å². The van der Waals surface area contributed by atoms with E-state index in [2.05, 4.69) is 5.32 Å². The minimum Gasteiger partial charge on any atom is -0.339 e. The summed E-state index contributed by atoms with van der Waals surface area (Å²) >= 11 is 0. The Morgan fingerprint density at radius 2 is 1.56 bits per heavy atom. The first-order chi connectivity index (χ1) is 16.4. The number of piperidine rings is 1. The van der Waals surface area contributed by atoms with Crippen LogP contribution < -0.4 is 5.32 Å². The number of hydrogen-bond acceptors (Lipinski definition) is 4. The molecule has 0 spiro atoms. The molecule has 2 fully saturated rings. The van der Waals surface area contributed by atoms with Gasteiger partial charge in [0.2, 0.25) is 15.9 Å². The van der Waals surface area contributed by atoms with Gasteiger partial charge in [0.25, 0.3) is 5.91 Å². The summed E-state index contributed by atoms with van der Waals surface area (Å²) in [6.45, 7) is 3.90. The number of carbonyl (C=O) groups excluding carboxylic acids is 2. The fraction of sp³-hybridized carbons (Fsp3) is 0.462. The number of sulfonamides is 1. The standard InChI is InChI=1S/C26H33N3O4S/c1-20-12-14-22(15-13-20)34(32,33)29-18-8-9-21(19-29)25(30)27-24-11-5-4-10-23(24)26(31)28-16-6-2-3-7-17-28/h4-5,10-15,21H,2-3,6-9,16-19H2,1H3,(H,27,30). The van der Waals surface area contributed by atoms with Crippen LogP contribution in [0.1, 0.15) is 54.4 Å². The summed E-state index contributed by atoms with van der Waals surface area (Å²) in [5, 5.41) is 2.93. The summed E-state index contributed by atoms with van der Waals surface area (Å²) in [5.41, 5.74) is 1.96. The van der Waals surface area contributed by atoms with Gasteiger partial charge in [0, 0.05) is 26.2 Å². The lowest BCUT2D eigenvalue weighted by Crippen LogP contribution is -2.43. The molecule has 2 aliphatic heterocycles. The number of nitrogens with zero attached hydrogens (tertiary/aromatic N) is 2. The highest BCUT2D eigenvalue weighted by Crippen LogP contribution is 2.26. The number of para-hydroxylation sites is 1. The van der Waals surface area contributed by atoms with E-state index < -0.39 is 15.9 Å². The number of amides is 2. The van der Waals surface area contributed by atoms with Gasteiger partial charge in [-0.2, -0.15) is 4.31 Å². The molecule has 2 amide bonds. The molecule has 2 aliphatic rings. The molecule has 34 heavy (non-hydrogen) atoms. The van der Waals surface area contributed by atoms with E-state index in [0.717, 1.165) is 44.3 Å². The monoisotopic (exact) mass is 483 g/mol. The fourth-order valence-corrected chi connectivity index (χ4v) is 6.22. The first-order valence-corrected chi connectivity index (χ1v) is 13.6. The molecular formula is C26H33N3O4S. The Labute approximate surface area is 202 Å². The lowest BCUT2D eigenvalue weighted by molar-refractivity contribution is -0.120. The minimum atomic E-state index is -3.67. The molecule has 0 aliphatic carbocycles. The van der Waals surface area contributed by atoms with Crippen molar-refractivity contribution in [3.05, 3.63) is 59.7 Å². The van der Waals surface area contributed by atoms with Gasteiger partial charge in [0.15, 0.2) is 0 Å². The van der Waals surface area contributed by atoms with Gasteiger partial charge in [-0.15, -0.1) is 0 Å². The Balaban J connectivity index is 1.47. The molecular weight excluding hydrogens is 450 g/mol. The van der Waals surface area contributed by atoms with E-state index in [4.69, 9.17) is 0 Å². The van der Waals surface area contributed by atoms with Crippen molar-refractivity contribution in [2.45, 2.75) is 50.3 Å². The third-order valence-corrected chi connectivity index (χ3v) is 8.60. The van der Waals surface area contributed by atoms with Crippen molar-refractivity contribution in [2.24, 2.45) is 5.92 Å². The molecule has 0 saturated carbocycles. The number of nitrogens with one attached hydrogen (secondary N) is 1. The van der Waals surface area contributed by atoms with Gasteiger partial charge < -0.3 is 10.2 Å². The third-order valence-electron chi connectivity index (χ3n) is 6.72. The summed E-state index contributed by atoms with van der Waals surface area (Å²) in [6.07, 6.45) is 5.46. The number of carbonyl (C=O) groups is 2. The topological polar surface area (TPSA) is 86.8 Å². The zero-order valence-electron chi connectivity index (χ0n) is 19.7. The van der Waals surface area contributed by atoms with Crippen LogP contribution in [0, 0.1) is 12.8 Å². The zero-order valence-corrected chi connectivity index (χ0v) is 20.5. The van der Waals surface area contributed by atoms with Crippen LogP contribution in [0.2, 0.25) is 0 Å². The molecule has 7 nitrogen and oxygen atoms in total. The number of aryl methyl sites for hydroxylation is 1. The van der Waals surface area contributed by atoms with Crippen LogP contribution in [0.5, 0.6) is 0 Å². The van der Waals surface area contributed by atoms with E-state index in [9.17, 15) is 18.0 Å². The highest BCUT2D eigenvalue weighted by atomic mass is 32.2. The van der Waals surface area contributed by atoms with E-state index in [-0.39, 0.29) is 23.3 Å². The van der Waals surface area contributed by atoms with Gasteiger partial charge in [-0.25, -0.2) is 8.42 Å². The van der Waals surface area contributed by atoms with Crippen molar-refractivity contribution >= 4 is 27.5 Å². The molecule has 4 rings (SSSR count). The molecule has 2 heterocycles. The average molecular weight is 484 g/mol. The second-order valence-electron chi connectivity index (χ2n) is 9.26. The molecule has 1 unspecified atom stereocenters. The highest BCUT2D eigenvalue weighted by molar-refractivity contribution is 7.89. The predicted molar refractivity (Wildman–Crippen MR) is 132 cm³/mol. The largest absolute Gasteiger partial charge is 0.339 e. The molecule has 0 bridgehead atoms. The molecule has 2 aromatic rings. The van der Waals surface area contributed by atoms with Crippen molar-refractivity contribution in [1.29, 1.82) is 0 Å². The molecule has 1 N–H and O–H groups in total. The van der Waals surface area contributed by atoms with Gasteiger partial charge in [-0.05, 0) is 56.9 Å². The van der Waals surface area contributed by atoms with Crippen molar-refractivity contribution in [3.8, 4) is 0 Å². The van der Waals surface area contributed by atoms with Crippen molar-refractivity contribution in [2.75, 3.05) is 31.5 Å². The van der Waals surface area contributed by atoms with Gasteiger partial charge in [-0.3, -0.25) is 9.59 Å². The van der Waals surface area contributed by atoms with Gasteiger partial charge >= 0.3 is 0 Å². The number of benzene rings is 2. The minimum absolute atomic E-state index is 0.0648. The molecule has 2 aromatic carbocycles. The van der Waals surface area contributed by atoms with Crippen LogP contribution >= 0.6 is 0 Å². The van der Waals surface area contributed by atoms with Crippen LogP contribution in [-0.2, 0) is 14.8 Å². The van der Waals surface area contributed by atoms with Crippen LogP contribution in [0.15, 0.2) is 53.4 Å². The quantitative estimate of drug-likeness (QED) is 0.695. The summed E-state index contributed by atoms with van der Waals surface area (Å²) in [4.78, 5) is 28.5. The summed E-state index contributed by atoms with van der Waals surface area (Å²) < 4.78 is 27.6. The summed E-state index contributed by atoms with van der Waals surface area (Å²) in [6, 6.07) is 13.9. The molecule has 0 radical (unpaired) electrons. The second kappa shape index (κ2) is 10.7. The van der Waals surface area contributed by atoms with E-state index in [1.54, 1.807) is 48.5 Å². The second-order valence-corrected chi connectivity index (χ2v) is 11.2. The van der Waals surface area contributed by atoms with E-state index >= 15 is 0 Å². The number of hydrogen-bond donors (Lipinski definition) is 1. The number of rotatable bonds is 5. The smallest absolute Gasteiger partial charge is 0.255 e. The maximum Gasteiger partial charge on any atom is 0.255 e. The molecule has 182 valence electrons. The lowest BCUT2D eigenvalue weighted by Gasteiger charge is -2.31. The Hall–Kier alpha value is -2.71. The van der Waals surface area contributed by atoms with Gasteiger partial charge in [0.05, 0.1) is 22.1 Å². The maximum absolute atomic E-state index is 13.2. The Morgan fingerprint density at radius 3 is 2.26 bits per heavy atom. The fourth-order valence-electron chi connectivity index (χ4n) is 4.69. The summed E-state index contributed by atoms with van der Waals surface area (Å²) in [5.74, 6) is -0.791. The van der Waals surface area contributed by atoms with Crippen LogP contribution in [-0.4, -0.2) is 55.6 Å². The predicted octanol–water partition coefficient (Wildman–Crippen LogP) is 4.05. The van der Waals surface area contributed by atoms with Crippen molar-refractivity contribution in [3.63, 3.8) is 0 Å². The molecule has 1 atom stereocenters. The van der Waals surface area contributed by atoms with Crippen LogP contribution in [0.4, 0.5) is 5.69 Å². The highest BCUT2D eigenvalue weighted by Gasteiger charge is 2.33. The summed E-state index contributed by atoms with van der Waals surface area (Å²) in [7, 11) is -3.67. The molecule has 8 heteroatoms. The lowest BCUT2D eigenvalue weighted by atomic mass is 9.98. The number of likely N-dealkylation sites (tertiary alicyclic amines) is 1. The average Bonchev–Trinajstić information content (AvgIpc) is 3.14. The first-order valence-electron chi connectivity index (χ1n) is 12.1. The Kier molecular flexibility index (Phi) is 7.68. The maximum atomic E-state index is 13.2. The van der Waals surface area contributed by atoms with Crippen molar-refractivity contribution in [1.82, 2.24) is 9.21 Å². The molecule has 2 saturated heterocycles. The third kappa shape index (κ3) is 5.50. The van der Waals surface area contributed by atoms with Crippen LogP contribution in [0.3, 0.4) is 0 Å². The Bertz CT molecular complexity index is 1120. The first kappa shape index (κ1) is 24.4. The molecule has 0 aromatic heterocycles. The van der Waals surface area contributed by atoms with Gasteiger partial charge in [0.1, 0.15) is 0 Å². The van der Waals surface area contributed by atoms with E-state index in [1.807, 2.05) is 11.8 Å². The SMILES string of the molecule is Cc1ccc(S(=O)(=O)N2CCCC(C(=O)Nc3ccccc3C(=O)N3CCCCCC3)C2)cc1. The zero-order chi connectivity index (χ0) is 24.1. The number of anilines is 1. The van der Waals surface area contributed by atoms with Gasteiger partial charge in [-0.1, -0.05) is 42.7 Å². The normalized spacial score (nSPS) is 19.9. The van der Waals surface area contributed by atoms with E-state index in [1.165, 1.54) is 4.31 Å². The van der Waals surface area contributed by atoms with Crippen molar-refractivity contribution < 1.29 is 18.0 Å².